The number of hydrogen-bond acceptors (Lipinski definition) is 5. The second-order valence-corrected chi connectivity index (χ2v) is 10.7. The predicted octanol–water partition coefficient (Wildman–Crippen LogP) is 4.96. The van der Waals surface area contributed by atoms with Gasteiger partial charge in [0.25, 0.3) is 0 Å². The summed E-state index contributed by atoms with van der Waals surface area (Å²) in [6.45, 7) is 1.67. The molecule has 38 heavy (non-hydrogen) atoms. The molecule has 1 saturated carbocycles. The molecule has 8 nitrogen and oxygen atoms in total. The molecule has 1 aliphatic carbocycles. The predicted molar refractivity (Wildman–Crippen MR) is 143 cm³/mol. The summed E-state index contributed by atoms with van der Waals surface area (Å²) in [5, 5.41) is 8.65. The first kappa shape index (κ1) is 30.4. The van der Waals surface area contributed by atoms with Crippen molar-refractivity contribution in [2.45, 2.75) is 69.2 Å². The Morgan fingerprint density at radius 2 is 2.00 bits per heavy atom. The molecule has 2 aliphatic rings. The lowest BCUT2D eigenvalue weighted by Gasteiger charge is -2.38. The largest absolute Gasteiger partial charge is 0.453 e. The fourth-order valence-electron chi connectivity index (χ4n) is 5.59. The lowest BCUT2D eigenvalue weighted by Crippen LogP contribution is -2.53. The number of carbonyl (C=O) groups excluding carboxylic acids is 2. The van der Waals surface area contributed by atoms with Gasteiger partial charge >= 0.3 is 12.1 Å². The number of alkyl carbamates (subject to hydrolysis) is 1. The van der Waals surface area contributed by atoms with Gasteiger partial charge in [0, 0.05) is 50.1 Å². The summed E-state index contributed by atoms with van der Waals surface area (Å²) in [7, 11) is 3.06. The summed E-state index contributed by atoms with van der Waals surface area (Å²) in [5.74, 6) is -0.759. The molecule has 1 saturated heterocycles. The third-order valence-electron chi connectivity index (χ3n) is 7.46. The maximum absolute atomic E-state index is 15.4. The Balaban J connectivity index is 1.68. The van der Waals surface area contributed by atoms with Crippen LogP contribution >= 0.6 is 11.6 Å². The zero-order valence-electron chi connectivity index (χ0n) is 22.4. The van der Waals surface area contributed by atoms with Crippen LogP contribution in [0.25, 0.3) is 0 Å². The number of methoxy groups -OCH3 is 1. The van der Waals surface area contributed by atoms with Gasteiger partial charge in [-0.3, -0.25) is 0 Å². The van der Waals surface area contributed by atoms with Crippen LogP contribution in [-0.2, 0) is 9.47 Å². The van der Waals surface area contributed by atoms with Crippen molar-refractivity contribution >= 4 is 23.7 Å². The van der Waals surface area contributed by atoms with Crippen LogP contribution in [0.4, 0.5) is 18.4 Å². The molecule has 0 aromatic heterocycles. The number of likely N-dealkylation sites (tertiary alicyclic amines) is 1. The van der Waals surface area contributed by atoms with Crippen LogP contribution in [0.2, 0.25) is 5.02 Å². The summed E-state index contributed by atoms with van der Waals surface area (Å²) in [6.07, 6.45) is 4.33. The Labute approximate surface area is 229 Å². The first-order valence-electron chi connectivity index (χ1n) is 13.5. The topological polar surface area (TPSA) is 91.9 Å². The van der Waals surface area contributed by atoms with Crippen LogP contribution in [0, 0.1) is 11.7 Å². The number of rotatable bonds is 11. The van der Waals surface area contributed by atoms with Gasteiger partial charge < -0.3 is 30.3 Å². The number of urea groups is 1. The number of benzene rings is 1. The Bertz CT molecular complexity index is 919. The molecule has 3 amide bonds. The molecule has 3 unspecified atom stereocenters. The van der Waals surface area contributed by atoms with E-state index in [0.717, 1.165) is 25.7 Å². The maximum atomic E-state index is 15.4. The quantitative estimate of drug-likeness (QED) is 0.334. The number of amides is 3. The van der Waals surface area contributed by atoms with E-state index in [1.165, 1.54) is 13.2 Å². The zero-order chi connectivity index (χ0) is 27.5. The number of hydrogen-bond donors (Lipinski definition) is 3. The minimum absolute atomic E-state index is 0.00744. The standard InChI is InChI=1S/C27H41ClF2N4O4/c1-31-17-20(16-27(30)11-4-3-5-12-27)33-25(35)34-14-7-8-19(18-34)24(38-15-13-32-26(36)37-2)21-9-6-10-22(28)23(21)29/h6,9-10,19-20,24,31H,3-5,7-8,11-18H2,1-2H3,(H,32,36)(H,33,35). The first-order chi connectivity index (χ1) is 18.3. The highest BCUT2D eigenvalue weighted by atomic mass is 35.5. The normalized spacial score (nSPS) is 20.9. The summed E-state index contributed by atoms with van der Waals surface area (Å²) in [6, 6.07) is 4.18. The molecule has 3 N–H and O–H groups in total. The van der Waals surface area contributed by atoms with E-state index in [9.17, 15) is 9.59 Å². The number of likely N-dealkylation sites (N-methyl/N-ethyl adjacent to an activating group) is 1. The van der Waals surface area contributed by atoms with Crippen LogP contribution in [0.5, 0.6) is 0 Å². The smallest absolute Gasteiger partial charge is 0.406 e. The molecule has 2 fully saturated rings. The lowest BCUT2D eigenvalue weighted by atomic mass is 9.82. The van der Waals surface area contributed by atoms with Crippen LogP contribution in [0.15, 0.2) is 18.2 Å². The minimum Gasteiger partial charge on any atom is -0.453 e. The molecular weight excluding hydrogens is 518 g/mol. The summed E-state index contributed by atoms with van der Waals surface area (Å²) >= 11 is 6.06. The van der Waals surface area contributed by atoms with Crippen molar-refractivity contribution in [3.63, 3.8) is 0 Å². The minimum atomic E-state index is -1.25. The van der Waals surface area contributed by atoms with Gasteiger partial charge in [0.05, 0.1) is 24.8 Å². The highest BCUT2D eigenvalue weighted by Crippen LogP contribution is 2.37. The number of nitrogens with zero attached hydrogens (tertiary/aromatic N) is 1. The molecule has 1 aromatic carbocycles. The molecule has 3 atom stereocenters. The Morgan fingerprint density at radius 1 is 1.24 bits per heavy atom. The Hall–Kier alpha value is -2.17. The second kappa shape index (κ2) is 14.8. The molecule has 11 heteroatoms. The van der Waals surface area contributed by atoms with Crippen LogP contribution in [0.3, 0.4) is 0 Å². The number of piperidine rings is 1. The van der Waals surface area contributed by atoms with E-state index < -0.39 is 23.7 Å². The van der Waals surface area contributed by atoms with Crippen LogP contribution < -0.4 is 16.0 Å². The Morgan fingerprint density at radius 3 is 2.71 bits per heavy atom. The molecule has 0 bridgehead atoms. The highest BCUT2D eigenvalue weighted by molar-refractivity contribution is 6.30. The number of alkyl halides is 1. The number of nitrogens with one attached hydrogen (secondary N) is 3. The van der Waals surface area contributed by atoms with Crippen molar-refractivity contribution in [2.24, 2.45) is 5.92 Å². The Kier molecular flexibility index (Phi) is 11.9. The average Bonchev–Trinajstić information content (AvgIpc) is 2.91. The zero-order valence-corrected chi connectivity index (χ0v) is 23.1. The average molecular weight is 559 g/mol. The van der Waals surface area contributed by atoms with E-state index >= 15 is 8.78 Å². The van der Waals surface area contributed by atoms with Gasteiger partial charge in [0.2, 0.25) is 0 Å². The lowest BCUT2D eigenvalue weighted by molar-refractivity contribution is -0.0107. The van der Waals surface area contributed by atoms with Gasteiger partial charge in [-0.2, -0.15) is 0 Å². The van der Waals surface area contributed by atoms with E-state index in [0.29, 0.717) is 44.5 Å². The SMILES string of the molecule is CNCC(CC1(F)CCCCC1)NC(=O)N1CCCC(C(OCCNC(=O)OC)c2cccc(Cl)c2F)C1. The van der Waals surface area contributed by atoms with Gasteiger partial charge in [-0.15, -0.1) is 0 Å². The molecule has 3 rings (SSSR count). The van der Waals surface area contributed by atoms with E-state index in [2.05, 4.69) is 20.7 Å². The van der Waals surface area contributed by atoms with Crippen molar-refractivity contribution in [2.75, 3.05) is 46.9 Å². The second-order valence-electron chi connectivity index (χ2n) is 10.3. The first-order valence-corrected chi connectivity index (χ1v) is 13.9. The maximum Gasteiger partial charge on any atom is 0.406 e. The summed E-state index contributed by atoms with van der Waals surface area (Å²) < 4.78 is 41.1. The summed E-state index contributed by atoms with van der Waals surface area (Å²) in [4.78, 5) is 26.4. The van der Waals surface area contributed by atoms with Crippen molar-refractivity contribution in [1.82, 2.24) is 20.9 Å². The number of carbonyl (C=O) groups is 2. The molecular formula is C27H41ClF2N4O4. The van der Waals surface area contributed by atoms with Crippen LogP contribution in [-0.4, -0.2) is 75.7 Å². The van der Waals surface area contributed by atoms with Crippen molar-refractivity contribution in [1.29, 1.82) is 0 Å². The molecule has 0 radical (unpaired) electrons. The number of ether oxygens (including phenoxy) is 2. The fourth-order valence-corrected chi connectivity index (χ4v) is 5.77. The molecule has 1 aliphatic heterocycles. The third-order valence-corrected chi connectivity index (χ3v) is 7.75. The molecule has 1 aromatic rings. The van der Waals surface area contributed by atoms with Crippen molar-refractivity contribution in [3.05, 3.63) is 34.6 Å². The summed E-state index contributed by atoms with van der Waals surface area (Å²) in [5.41, 5.74) is -0.939. The van der Waals surface area contributed by atoms with E-state index in [1.807, 2.05) is 0 Å². The van der Waals surface area contributed by atoms with E-state index in [-0.39, 0.29) is 42.6 Å². The van der Waals surface area contributed by atoms with E-state index in [4.69, 9.17) is 16.3 Å². The van der Waals surface area contributed by atoms with Gasteiger partial charge in [-0.05, 0) is 38.8 Å². The van der Waals surface area contributed by atoms with Gasteiger partial charge in [0.15, 0.2) is 0 Å². The van der Waals surface area contributed by atoms with Crippen molar-refractivity contribution < 1.29 is 27.8 Å². The van der Waals surface area contributed by atoms with Gasteiger partial charge in [-0.1, -0.05) is 43.0 Å². The van der Waals surface area contributed by atoms with Crippen molar-refractivity contribution in [3.8, 4) is 0 Å². The molecule has 1 heterocycles. The molecule has 214 valence electrons. The van der Waals surface area contributed by atoms with Gasteiger partial charge in [0.1, 0.15) is 11.5 Å². The highest BCUT2D eigenvalue weighted by Gasteiger charge is 2.37. The van der Waals surface area contributed by atoms with Gasteiger partial charge in [-0.25, -0.2) is 18.4 Å². The molecule has 0 spiro atoms. The fraction of sp³-hybridized carbons (Fsp3) is 0.704. The third kappa shape index (κ3) is 8.68. The van der Waals surface area contributed by atoms with E-state index in [1.54, 1.807) is 24.1 Å². The van der Waals surface area contributed by atoms with Crippen LogP contribution in [0.1, 0.15) is 63.0 Å². The number of halogens is 3. The monoisotopic (exact) mass is 558 g/mol.